The Morgan fingerprint density at radius 2 is 1.91 bits per heavy atom. The standard InChI is InChI=1S/C15H12F3N3O/c1-21-9-20-13-12(21)6-7-19-14(13)22-8-10-4-2-3-5-11(10)15(16,17)18/h2-7,9H,8H2,1H3. The number of aromatic nitrogens is 3. The average molecular weight is 307 g/mol. The highest BCUT2D eigenvalue weighted by Gasteiger charge is 2.33. The summed E-state index contributed by atoms with van der Waals surface area (Å²) in [4.78, 5) is 8.20. The summed E-state index contributed by atoms with van der Waals surface area (Å²) in [6.07, 6.45) is -1.28. The monoisotopic (exact) mass is 307 g/mol. The van der Waals surface area contributed by atoms with Gasteiger partial charge in [0.05, 0.1) is 17.4 Å². The molecule has 0 spiro atoms. The van der Waals surface area contributed by atoms with Crippen molar-refractivity contribution in [1.82, 2.24) is 14.5 Å². The molecule has 0 aliphatic heterocycles. The van der Waals surface area contributed by atoms with Gasteiger partial charge in [-0.15, -0.1) is 0 Å². The number of nitrogens with zero attached hydrogens (tertiary/aromatic N) is 3. The van der Waals surface area contributed by atoms with Crippen molar-refractivity contribution in [1.29, 1.82) is 0 Å². The Bertz CT molecular complexity index is 811. The van der Waals surface area contributed by atoms with Gasteiger partial charge in [0.25, 0.3) is 0 Å². The molecule has 0 atom stereocenters. The number of alkyl halides is 3. The normalized spacial score (nSPS) is 11.8. The number of hydrogen-bond donors (Lipinski definition) is 0. The zero-order valence-corrected chi connectivity index (χ0v) is 11.6. The molecule has 0 fully saturated rings. The second kappa shape index (κ2) is 5.32. The fourth-order valence-corrected chi connectivity index (χ4v) is 2.21. The SMILES string of the molecule is Cn1cnc2c(OCc3ccccc3C(F)(F)F)nccc21. The number of aryl methyl sites for hydroxylation is 1. The topological polar surface area (TPSA) is 39.9 Å². The van der Waals surface area contributed by atoms with Gasteiger partial charge in [0.2, 0.25) is 5.88 Å². The Balaban J connectivity index is 1.89. The van der Waals surface area contributed by atoms with Gasteiger partial charge in [0.15, 0.2) is 5.52 Å². The molecule has 0 amide bonds. The van der Waals surface area contributed by atoms with Crippen LogP contribution in [0.15, 0.2) is 42.9 Å². The van der Waals surface area contributed by atoms with Crippen molar-refractivity contribution in [3.63, 3.8) is 0 Å². The van der Waals surface area contributed by atoms with Gasteiger partial charge in [0, 0.05) is 18.8 Å². The lowest BCUT2D eigenvalue weighted by Gasteiger charge is -2.13. The van der Waals surface area contributed by atoms with Crippen LogP contribution in [-0.4, -0.2) is 14.5 Å². The first-order valence-corrected chi connectivity index (χ1v) is 6.51. The van der Waals surface area contributed by atoms with Crippen molar-refractivity contribution < 1.29 is 17.9 Å². The Hall–Kier alpha value is -2.57. The second-order valence-corrected chi connectivity index (χ2v) is 4.78. The second-order valence-electron chi connectivity index (χ2n) is 4.78. The number of pyridine rings is 1. The summed E-state index contributed by atoms with van der Waals surface area (Å²) in [5.74, 6) is 0.218. The molecule has 2 aromatic heterocycles. The van der Waals surface area contributed by atoms with Crippen molar-refractivity contribution in [2.45, 2.75) is 12.8 Å². The first kappa shape index (κ1) is 14.4. The minimum Gasteiger partial charge on any atom is -0.471 e. The summed E-state index contributed by atoms with van der Waals surface area (Å²) in [7, 11) is 1.82. The molecule has 0 saturated carbocycles. The number of rotatable bonds is 3. The van der Waals surface area contributed by atoms with Crippen LogP contribution >= 0.6 is 0 Å². The number of ether oxygens (including phenoxy) is 1. The fraction of sp³-hybridized carbons (Fsp3) is 0.200. The number of imidazole rings is 1. The summed E-state index contributed by atoms with van der Waals surface area (Å²) >= 11 is 0. The molecule has 0 aliphatic carbocycles. The van der Waals surface area contributed by atoms with Crippen molar-refractivity contribution >= 4 is 11.0 Å². The van der Waals surface area contributed by atoms with Gasteiger partial charge in [-0.3, -0.25) is 0 Å². The third-order valence-corrected chi connectivity index (χ3v) is 3.30. The average Bonchev–Trinajstić information content (AvgIpc) is 2.87. The first-order valence-electron chi connectivity index (χ1n) is 6.51. The zero-order valence-electron chi connectivity index (χ0n) is 11.6. The molecule has 2 heterocycles. The van der Waals surface area contributed by atoms with E-state index in [0.29, 0.717) is 5.52 Å². The van der Waals surface area contributed by atoms with Crippen molar-refractivity contribution in [2.24, 2.45) is 7.05 Å². The van der Waals surface area contributed by atoms with Crippen LogP contribution in [0.3, 0.4) is 0 Å². The molecule has 0 aliphatic rings. The summed E-state index contributed by atoms with van der Waals surface area (Å²) in [5, 5.41) is 0. The van der Waals surface area contributed by atoms with E-state index in [1.54, 1.807) is 23.0 Å². The molecule has 3 rings (SSSR count). The molecule has 3 aromatic rings. The maximum Gasteiger partial charge on any atom is 0.416 e. The molecule has 0 radical (unpaired) electrons. The van der Waals surface area contributed by atoms with Crippen molar-refractivity contribution in [3.8, 4) is 5.88 Å². The van der Waals surface area contributed by atoms with Crippen LogP contribution in [0.4, 0.5) is 13.2 Å². The summed E-state index contributed by atoms with van der Waals surface area (Å²) in [6, 6.07) is 7.08. The van der Waals surface area contributed by atoms with E-state index in [-0.39, 0.29) is 18.1 Å². The summed E-state index contributed by atoms with van der Waals surface area (Å²) < 4.78 is 46.1. The molecule has 0 unspecified atom stereocenters. The van der Waals surface area contributed by atoms with Gasteiger partial charge in [-0.2, -0.15) is 13.2 Å². The van der Waals surface area contributed by atoms with Crippen LogP contribution in [0.2, 0.25) is 0 Å². The van der Waals surface area contributed by atoms with Crippen molar-refractivity contribution in [3.05, 3.63) is 54.0 Å². The highest BCUT2D eigenvalue weighted by Crippen LogP contribution is 2.32. The van der Waals surface area contributed by atoms with E-state index in [4.69, 9.17) is 4.74 Å². The number of hydrogen-bond acceptors (Lipinski definition) is 3. The predicted molar refractivity (Wildman–Crippen MR) is 74.3 cm³/mol. The molecule has 4 nitrogen and oxygen atoms in total. The van der Waals surface area contributed by atoms with E-state index < -0.39 is 11.7 Å². The first-order chi connectivity index (χ1) is 10.5. The molecular formula is C15H12F3N3O. The minimum absolute atomic E-state index is 0.0599. The smallest absolute Gasteiger partial charge is 0.416 e. The van der Waals surface area contributed by atoms with E-state index in [1.807, 2.05) is 7.05 Å². The lowest BCUT2D eigenvalue weighted by Crippen LogP contribution is -2.11. The third kappa shape index (κ3) is 2.61. The van der Waals surface area contributed by atoms with Gasteiger partial charge in [-0.05, 0) is 12.1 Å². The van der Waals surface area contributed by atoms with E-state index >= 15 is 0 Å². The number of halogens is 3. The lowest BCUT2D eigenvalue weighted by molar-refractivity contribution is -0.138. The van der Waals surface area contributed by atoms with Gasteiger partial charge in [-0.1, -0.05) is 18.2 Å². The number of fused-ring (bicyclic) bond motifs is 1. The van der Waals surface area contributed by atoms with Gasteiger partial charge in [-0.25, -0.2) is 9.97 Å². The number of benzene rings is 1. The van der Waals surface area contributed by atoms with Gasteiger partial charge >= 0.3 is 6.18 Å². The summed E-state index contributed by atoms with van der Waals surface area (Å²) in [6.45, 7) is -0.224. The maximum absolute atomic E-state index is 12.9. The molecule has 114 valence electrons. The van der Waals surface area contributed by atoms with Crippen LogP contribution in [0.5, 0.6) is 5.88 Å². The van der Waals surface area contributed by atoms with E-state index in [2.05, 4.69) is 9.97 Å². The molecular weight excluding hydrogens is 295 g/mol. The van der Waals surface area contributed by atoms with E-state index in [1.165, 1.54) is 18.3 Å². The Kier molecular flexibility index (Phi) is 3.48. The quantitative estimate of drug-likeness (QED) is 0.742. The molecule has 22 heavy (non-hydrogen) atoms. The van der Waals surface area contributed by atoms with Crippen LogP contribution < -0.4 is 4.74 Å². The molecule has 0 saturated heterocycles. The Morgan fingerprint density at radius 1 is 1.14 bits per heavy atom. The fourth-order valence-electron chi connectivity index (χ4n) is 2.21. The van der Waals surface area contributed by atoms with Gasteiger partial charge in [0.1, 0.15) is 6.61 Å². The van der Waals surface area contributed by atoms with Gasteiger partial charge < -0.3 is 9.30 Å². The maximum atomic E-state index is 12.9. The largest absolute Gasteiger partial charge is 0.471 e. The van der Waals surface area contributed by atoms with Crippen LogP contribution in [0, 0.1) is 0 Å². The van der Waals surface area contributed by atoms with E-state index in [0.717, 1.165) is 11.6 Å². The lowest BCUT2D eigenvalue weighted by atomic mass is 10.1. The Labute approximate surface area is 124 Å². The van der Waals surface area contributed by atoms with Crippen LogP contribution in [0.1, 0.15) is 11.1 Å². The van der Waals surface area contributed by atoms with Crippen molar-refractivity contribution in [2.75, 3.05) is 0 Å². The Morgan fingerprint density at radius 3 is 2.68 bits per heavy atom. The zero-order chi connectivity index (χ0) is 15.7. The molecule has 7 heteroatoms. The highest BCUT2D eigenvalue weighted by atomic mass is 19.4. The molecule has 0 bridgehead atoms. The molecule has 1 aromatic carbocycles. The third-order valence-electron chi connectivity index (χ3n) is 3.30. The minimum atomic E-state index is -4.41. The van der Waals surface area contributed by atoms with Crippen LogP contribution in [-0.2, 0) is 19.8 Å². The van der Waals surface area contributed by atoms with E-state index in [9.17, 15) is 13.2 Å². The summed E-state index contributed by atoms with van der Waals surface area (Å²) in [5.41, 5.74) is 0.677. The molecule has 0 N–H and O–H groups in total. The highest BCUT2D eigenvalue weighted by molar-refractivity contribution is 5.79. The van der Waals surface area contributed by atoms with Crippen LogP contribution in [0.25, 0.3) is 11.0 Å². The predicted octanol–water partition coefficient (Wildman–Crippen LogP) is 3.57.